The van der Waals surface area contributed by atoms with E-state index in [-0.39, 0.29) is 22.9 Å². The molecule has 0 bridgehead atoms. The zero-order valence-electron chi connectivity index (χ0n) is 14.3. The van der Waals surface area contributed by atoms with Gasteiger partial charge in [0.05, 0.1) is 5.92 Å². The zero-order valence-corrected chi connectivity index (χ0v) is 15.9. The van der Waals surface area contributed by atoms with Gasteiger partial charge in [-0.15, -0.1) is 6.58 Å². The third-order valence-electron chi connectivity index (χ3n) is 5.87. The van der Waals surface area contributed by atoms with Crippen LogP contribution in [0, 0.1) is 21.4 Å². The highest BCUT2D eigenvalue weighted by Gasteiger charge is 2.68. The van der Waals surface area contributed by atoms with Gasteiger partial charge in [0.2, 0.25) is 6.04 Å². The molecule has 1 fully saturated rings. The lowest BCUT2D eigenvalue weighted by Crippen LogP contribution is -2.40. The van der Waals surface area contributed by atoms with Crippen LogP contribution in [0.5, 0.6) is 0 Å². The van der Waals surface area contributed by atoms with Crippen molar-refractivity contribution in [3.8, 4) is 0 Å². The van der Waals surface area contributed by atoms with E-state index >= 15 is 0 Å². The molecular formula is C21H16BrNO4. The van der Waals surface area contributed by atoms with Crippen LogP contribution >= 0.6 is 15.9 Å². The molecule has 0 saturated heterocycles. The van der Waals surface area contributed by atoms with Crippen LogP contribution in [0.1, 0.15) is 38.6 Å². The summed E-state index contributed by atoms with van der Waals surface area (Å²) in [5, 5.41) is 12.0. The van der Waals surface area contributed by atoms with Gasteiger partial charge in [-0.05, 0) is 24.1 Å². The minimum atomic E-state index is -1.45. The van der Waals surface area contributed by atoms with Gasteiger partial charge >= 0.3 is 0 Å². The third-order valence-corrected chi connectivity index (χ3v) is 6.40. The molecule has 2 aromatic rings. The van der Waals surface area contributed by atoms with Gasteiger partial charge in [0.1, 0.15) is 5.41 Å². The predicted molar refractivity (Wildman–Crippen MR) is 104 cm³/mol. The summed E-state index contributed by atoms with van der Waals surface area (Å²) in [6.07, 6.45) is 1.62. The summed E-state index contributed by atoms with van der Waals surface area (Å²) in [7, 11) is 0. The molecule has 6 heteroatoms. The van der Waals surface area contributed by atoms with E-state index in [1.165, 1.54) is 6.08 Å². The summed E-state index contributed by atoms with van der Waals surface area (Å²) >= 11 is 3.36. The lowest BCUT2D eigenvalue weighted by Gasteiger charge is -2.28. The van der Waals surface area contributed by atoms with Crippen molar-refractivity contribution in [2.75, 3.05) is 0 Å². The van der Waals surface area contributed by atoms with Gasteiger partial charge in [-0.3, -0.25) is 19.7 Å². The first-order valence-electron chi connectivity index (χ1n) is 8.62. The van der Waals surface area contributed by atoms with E-state index in [4.69, 9.17) is 0 Å². The molecule has 136 valence electrons. The molecule has 2 aromatic carbocycles. The Labute approximate surface area is 164 Å². The van der Waals surface area contributed by atoms with Crippen LogP contribution in [0.3, 0.4) is 0 Å². The molecule has 5 nitrogen and oxygen atoms in total. The second-order valence-electron chi connectivity index (χ2n) is 7.08. The molecule has 0 aliphatic heterocycles. The molecule has 2 aliphatic rings. The number of rotatable bonds is 3. The molecular weight excluding hydrogens is 410 g/mol. The standard InChI is InChI=1S/C21H16BrNO4/c1-2-12-11-21(19(24)15-5-3-4-6-16(15)20(21)25)17(18(12)23(26)27)13-7-9-14(22)10-8-13/h2-10,12,17-18H,1,11H2/t12-,17+,18-/m1/s1. The summed E-state index contributed by atoms with van der Waals surface area (Å²) in [5.41, 5.74) is -0.111. The van der Waals surface area contributed by atoms with Crippen LogP contribution in [0.15, 0.2) is 65.7 Å². The van der Waals surface area contributed by atoms with E-state index in [0.717, 1.165) is 4.47 Å². The van der Waals surface area contributed by atoms with Crippen molar-refractivity contribution in [3.05, 3.63) is 92.5 Å². The van der Waals surface area contributed by atoms with Crippen molar-refractivity contribution in [1.82, 2.24) is 0 Å². The lowest BCUT2D eigenvalue weighted by atomic mass is 9.70. The first-order valence-corrected chi connectivity index (χ1v) is 9.41. The number of ketones is 2. The van der Waals surface area contributed by atoms with Gasteiger partial charge in [-0.1, -0.05) is 58.4 Å². The Kier molecular flexibility index (Phi) is 4.11. The average molecular weight is 426 g/mol. The summed E-state index contributed by atoms with van der Waals surface area (Å²) in [6.45, 7) is 3.74. The molecule has 0 heterocycles. The normalized spacial score (nSPS) is 25.6. The monoisotopic (exact) mass is 425 g/mol. The number of carbonyl (C=O) groups excluding carboxylic acids is 2. The van der Waals surface area contributed by atoms with Crippen LogP contribution in [0.4, 0.5) is 0 Å². The quantitative estimate of drug-likeness (QED) is 0.315. The Bertz CT molecular complexity index is 947. The number of fused-ring (bicyclic) bond motifs is 1. The van der Waals surface area contributed by atoms with Crippen molar-refractivity contribution in [3.63, 3.8) is 0 Å². The molecule has 0 unspecified atom stereocenters. The Morgan fingerprint density at radius 2 is 1.63 bits per heavy atom. The Morgan fingerprint density at radius 3 is 2.11 bits per heavy atom. The molecule has 27 heavy (non-hydrogen) atoms. The SMILES string of the molecule is C=C[C@@H]1CC2(C(=O)c3ccccc3C2=O)[C@@H](c2ccc(Br)cc2)[C@@H]1[N+](=O)[O-]. The van der Waals surface area contributed by atoms with Crippen molar-refractivity contribution < 1.29 is 14.5 Å². The van der Waals surface area contributed by atoms with E-state index in [9.17, 15) is 19.7 Å². The number of hydrogen-bond acceptors (Lipinski definition) is 4. The van der Waals surface area contributed by atoms with Crippen LogP contribution in [-0.4, -0.2) is 22.5 Å². The molecule has 3 atom stereocenters. The Morgan fingerprint density at radius 1 is 1.07 bits per heavy atom. The Hall–Kier alpha value is -2.60. The Balaban J connectivity index is 1.97. The number of Topliss-reactive ketones (excluding diaryl/α,β-unsaturated/α-hetero) is 2. The predicted octanol–water partition coefficient (Wildman–Crippen LogP) is 4.45. The smallest absolute Gasteiger partial charge is 0.227 e. The molecule has 0 amide bonds. The average Bonchev–Trinajstić information content (AvgIpc) is 3.13. The molecule has 1 saturated carbocycles. The van der Waals surface area contributed by atoms with Crippen LogP contribution in [0.2, 0.25) is 0 Å². The second-order valence-corrected chi connectivity index (χ2v) is 8.00. The number of carbonyl (C=O) groups is 2. The van der Waals surface area contributed by atoms with Gasteiger partial charge in [0.15, 0.2) is 11.6 Å². The molecule has 4 rings (SSSR count). The van der Waals surface area contributed by atoms with Crippen molar-refractivity contribution in [2.45, 2.75) is 18.4 Å². The van der Waals surface area contributed by atoms with Crippen LogP contribution in [-0.2, 0) is 0 Å². The minimum Gasteiger partial charge on any atom is -0.293 e. The molecule has 0 aromatic heterocycles. The first kappa shape index (κ1) is 17.8. The molecule has 1 spiro atoms. The fraction of sp³-hybridized carbons (Fsp3) is 0.238. The highest BCUT2D eigenvalue weighted by Crippen LogP contribution is 2.59. The van der Waals surface area contributed by atoms with Crippen LogP contribution < -0.4 is 0 Å². The third kappa shape index (κ3) is 2.36. The summed E-state index contributed by atoms with van der Waals surface area (Å²) in [6, 6.07) is 12.7. The lowest BCUT2D eigenvalue weighted by molar-refractivity contribution is -0.530. The van der Waals surface area contributed by atoms with E-state index < -0.39 is 23.3 Å². The zero-order chi connectivity index (χ0) is 19.3. The maximum absolute atomic E-state index is 13.4. The summed E-state index contributed by atoms with van der Waals surface area (Å²) in [5.74, 6) is -2.02. The van der Waals surface area contributed by atoms with Crippen molar-refractivity contribution in [1.29, 1.82) is 0 Å². The summed E-state index contributed by atoms with van der Waals surface area (Å²) in [4.78, 5) is 38.5. The number of hydrogen-bond donors (Lipinski definition) is 0. The molecule has 2 aliphatic carbocycles. The molecule has 0 N–H and O–H groups in total. The summed E-state index contributed by atoms with van der Waals surface area (Å²) < 4.78 is 0.823. The minimum absolute atomic E-state index is 0.106. The van der Waals surface area contributed by atoms with E-state index in [0.29, 0.717) is 16.7 Å². The fourth-order valence-electron chi connectivity index (χ4n) is 4.74. The van der Waals surface area contributed by atoms with Crippen LogP contribution in [0.25, 0.3) is 0 Å². The largest absolute Gasteiger partial charge is 0.293 e. The fourth-order valence-corrected chi connectivity index (χ4v) is 5.01. The maximum Gasteiger partial charge on any atom is 0.227 e. The topological polar surface area (TPSA) is 77.3 Å². The van der Waals surface area contributed by atoms with E-state index in [1.807, 2.05) is 0 Å². The number of nitro groups is 1. The van der Waals surface area contributed by atoms with Gasteiger partial charge in [-0.2, -0.15) is 0 Å². The van der Waals surface area contributed by atoms with Gasteiger partial charge in [0, 0.05) is 26.4 Å². The van der Waals surface area contributed by atoms with Crippen molar-refractivity contribution in [2.24, 2.45) is 11.3 Å². The van der Waals surface area contributed by atoms with Gasteiger partial charge < -0.3 is 0 Å². The first-order chi connectivity index (χ1) is 12.9. The van der Waals surface area contributed by atoms with E-state index in [2.05, 4.69) is 22.5 Å². The highest BCUT2D eigenvalue weighted by molar-refractivity contribution is 9.10. The van der Waals surface area contributed by atoms with Gasteiger partial charge in [-0.25, -0.2) is 0 Å². The number of nitrogens with zero attached hydrogens (tertiary/aromatic N) is 1. The highest BCUT2D eigenvalue weighted by atomic mass is 79.9. The number of halogens is 1. The van der Waals surface area contributed by atoms with Gasteiger partial charge in [0.25, 0.3) is 0 Å². The number of benzene rings is 2. The molecule has 0 radical (unpaired) electrons. The maximum atomic E-state index is 13.4. The van der Waals surface area contributed by atoms with Crippen molar-refractivity contribution >= 4 is 27.5 Å². The van der Waals surface area contributed by atoms with E-state index in [1.54, 1.807) is 48.5 Å². The second kappa shape index (κ2) is 6.23.